The van der Waals surface area contributed by atoms with Crippen molar-refractivity contribution < 1.29 is 9.90 Å². The van der Waals surface area contributed by atoms with E-state index in [2.05, 4.69) is 20.4 Å². The van der Waals surface area contributed by atoms with Crippen LogP contribution in [0.3, 0.4) is 0 Å². The van der Waals surface area contributed by atoms with Crippen molar-refractivity contribution in [3.8, 4) is 0 Å². The zero-order chi connectivity index (χ0) is 10.5. The van der Waals surface area contributed by atoms with E-state index in [1.165, 1.54) is 12.0 Å². The minimum absolute atomic E-state index is 0.240. The van der Waals surface area contributed by atoms with Gasteiger partial charge < -0.3 is 5.11 Å². The van der Waals surface area contributed by atoms with Crippen molar-refractivity contribution in [2.45, 2.75) is 33.1 Å². The quantitative estimate of drug-likeness (QED) is 0.686. The molecule has 3 fully saturated rings. The summed E-state index contributed by atoms with van der Waals surface area (Å²) in [4.78, 5) is 10.7. The topological polar surface area (TPSA) is 37.3 Å². The van der Waals surface area contributed by atoms with Gasteiger partial charge in [0, 0.05) is 0 Å². The lowest BCUT2D eigenvalue weighted by Crippen LogP contribution is -2.52. The van der Waals surface area contributed by atoms with Crippen molar-refractivity contribution in [3.63, 3.8) is 0 Å². The van der Waals surface area contributed by atoms with E-state index in [1.807, 2.05) is 0 Å². The second-order valence-electron chi connectivity index (χ2n) is 5.41. The lowest BCUT2D eigenvalue weighted by Gasteiger charge is -2.60. The number of carboxylic acid groups (broad SMARTS) is 1. The summed E-state index contributed by atoms with van der Waals surface area (Å²) >= 11 is 0. The first kappa shape index (κ1) is 9.75. The monoisotopic (exact) mass is 194 g/mol. The van der Waals surface area contributed by atoms with Crippen LogP contribution >= 0.6 is 0 Å². The molecular weight excluding hydrogens is 176 g/mol. The predicted octanol–water partition coefficient (Wildman–Crippen LogP) is 2.70. The minimum atomic E-state index is -0.685. The maximum Gasteiger partial charge on any atom is 0.303 e. The third-order valence-corrected chi connectivity index (χ3v) is 4.43. The molecule has 0 aromatic rings. The SMILES string of the molecule is C=C1C(CC(=O)O)CC2CC1C2(C)C. The molecule has 0 spiro atoms. The number of hydrogen-bond donors (Lipinski definition) is 1. The van der Waals surface area contributed by atoms with E-state index in [4.69, 9.17) is 5.11 Å². The van der Waals surface area contributed by atoms with E-state index in [-0.39, 0.29) is 12.3 Å². The van der Waals surface area contributed by atoms with E-state index in [9.17, 15) is 4.79 Å². The fourth-order valence-electron chi connectivity index (χ4n) is 3.25. The molecule has 0 heterocycles. The first-order valence-corrected chi connectivity index (χ1v) is 5.33. The molecule has 0 saturated heterocycles. The van der Waals surface area contributed by atoms with Crippen LogP contribution in [0.25, 0.3) is 0 Å². The molecule has 3 aliphatic carbocycles. The maximum absolute atomic E-state index is 10.7. The van der Waals surface area contributed by atoms with E-state index < -0.39 is 5.97 Å². The minimum Gasteiger partial charge on any atom is -0.481 e. The Morgan fingerprint density at radius 3 is 2.64 bits per heavy atom. The molecule has 14 heavy (non-hydrogen) atoms. The third kappa shape index (κ3) is 1.20. The van der Waals surface area contributed by atoms with Crippen LogP contribution in [0.1, 0.15) is 33.1 Å². The standard InChI is InChI=1S/C12H18O2/c1-7-8(5-11(13)14)4-9-6-10(7)12(9,2)3/h8-10H,1,4-6H2,2-3H3,(H,13,14). The summed E-state index contributed by atoms with van der Waals surface area (Å²) in [5.74, 6) is 0.854. The van der Waals surface area contributed by atoms with E-state index in [0.717, 1.165) is 12.3 Å². The van der Waals surface area contributed by atoms with E-state index in [0.29, 0.717) is 11.3 Å². The number of rotatable bonds is 2. The number of fused-ring (bicyclic) bond motifs is 2. The Hall–Kier alpha value is -0.790. The molecule has 0 amide bonds. The Morgan fingerprint density at radius 2 is 2.21 bits per heavy atom. The molecule has 2 heteroatoms. The Kier molecular flexibility index (Phi) is 1.98. The Labute approximate surface area is 85.0 Å². The molecule has 2 nitrogen and oxygen atoms in total. The average molecular weight is 194 g/mol. The lowest BCUT2D eigenvalue weighted by molar-refractivity contribution is -0.139. The summed E-state index contributed by atoms with van der Waals surface area (Å²) < 4.78 is 0. The zero-order valence-corrected chi connectivity index (χ0v) is 8.92. The molecule has 3 saturated carbocycles. The van der Waals surface area contributed by atoms with Gasteiger partial charge in [-0.3, -0.25) is 4.79 Å². The second-order valence-corrected chi connectivity index (χ2v) is 5.41. The average Bonchev–Trinajstić information content (AvgIpc) is 2.06. The van der Waals surface area contributed by atoms with Crippen LogP contribution in [-0.2, 0) is 4.79 Å². The van der Waals surface area contributed by atoms with Gasteiger partial charge in [0.25, 0.3) is 0 Å². The van der Waals surface area contributed by atoms with Crippen LogP contribution in [0.15, 0.2) is 12.2 Å². The first-order chi connectivity index (χ1) is 6.43. The molecule has 3 atom stereocenters. The molecule has 3 aliphatic rings. The van der Waals surface area contributed by atoms with Crippen molar-refractivity contribution in [1.29, 1.82) is 0 Å². The second kappa shape index (κ2) is 2.85. The van der Waals surface area contributed by atoms with Gasteiger partial charge in [0.15, 0.2) is 0 Å². The number of carboxylic acids is 1. The lowest BCUT2D eigenvalue weighted by atomic mass is 9.45. The van der Waals surface area contributed by atoms with Crippen LogP contribution in [-0.4, -0.2) is 11.1 Å². The highest BCUT2D eigenvalue weighted by molar-refractivity contribution is 5.67. The molecule has 3 rings (SSSR count). The summed E-state index contributed by atoms with van der Waals surface area (Å²) in [6.07, 6.45) is 2.55. The van der Waals surface area contributed by atoms with Crippen molar-refractivity contribution in [2.75, 3.05) is 0 Å². The highest BCUT2D eigenvalue weighted by Crippen LogP contribution is 2.62. The Balaban J connectivity index is 2.08. The van der Waals surface area contributed by atoms with Crippen LogP contribution < -0.4 is 0 Å². The van der Waals surface area contributed by atoms with Crippen molar-refractivity contribution in [1.82, 2.24) is 0 Å². The summed E-state index contributed by atoms with van der Waals surface area (Å²) in [5.41, 5.74) is 1.58. The van der Waals surface area contributed by atoms with E-state index in [1.54, 1.807) is 0 Å². The van der Waals surface area contributed by atoms with Crippen molar-refractivity contribution in [3.05, 3.63) is 12.2 Å². The van der Waals surface area contributed by atoms with Gasteiger partial charge in [0.1, 0.15) is 0 Å². The van der Waals surface area contributed by atoms with Gasteiger partial charge in [-0.2, -0.15) is 0 Å². The number of aliphatic carboxylic acids is 1. The molecule has 0 aliphatic heterocycles. The molecule has 78 valence electrons. The van der Waals surface area contributed by atoms with Crippen molar-refractivity contribution >= 4 is 5.97 Å². The van der Waals surface area contributed by atoms with Crippen LogP contribution in [0.4, 0.5) is 0 Å². The largest absolute Gasteiger partial charge is 0.481 e. The fourth-order valence-corrected chi connectivity index (χ4v) is 3.25. The van der Waals surface area contributed by atoms with Gasteiger partial charge in [-0.25, -0.2) is 0 Å². The number of allylic oxidation sites excluding steroid dienone is 1. The summed E-state index contributed by atoms with van der Waals surface area (Å²) in [5, 5.41) is 8.77. The highest BCUT2D eigenvalue weighted by Gasteiger charge is 2.54. The van der Waals surface area contributed by atoms with Crippen LogP contribution in [0, 0.1) is 23.2 Å². The molecule has 1 N–H and O–H groups in total. The molecule has 0 aromatic heterocycles. The normalized spacial score (nSPS) is 39.0. The number of carbonyl (C=O) groups is 1. The molecule has 0 aromatic carbocycles. The van der Waals surface area contributed by atoms with Gasteiger partial charge in [-0.05, 0) is 36.0 Å². The molecular formula is C12H18O2. The van der Waals surface area contributed by atoms with Gasteiger partial charge in [-0.1, -0.05) is 26.0 Å². The molecule has 3 unspecified atom stereocenters. The van der Waals surface area contributed by atoms with Crippen LogP contribution in [0.5, 0.6) is 0 Å². The van der Waals surface area contributed by atoms with Gasteiger partial charge in [0.05, 0.1) is 6.42 Å². The molecule has 2 bridgehead atoms. The summed E-state index contributed by atoms with van der Waals surface area (Å²) in [6.45, 7) is 8.67. The highest BCUT2D eigenvalue weighted by atomic mass is 16.4. The Bertz CT molecular complexity index is 291. The number of hydrogen-bond acceptors (Lipinski definition) is 1. The van der Waals surface area contributed by atoms with Gasteiger partial charge >= 0.3 is 5.97 Å². The van der Waals surface area contributed by atoms with Crippen molar-refractivity contribution in [2.24, 2.45) is 23.2 Å². The third-order valence-electron chi connectivity index (χ3n) is 4.43. The smallest absolute Gasteiger partial charge is 0.303 e. The molecule has 0 radical (unpaired) electrons. The van der Waals surface area contributed by atoms with Gasteiger partial charge in [-0.15, -0.1) is 0 Å². The Morgan fingerprint density at radius 1 is 1.57 bits per heavy atom. The first-order valence-electron chi connectivity index (χ1n) is 5.33. The fraction of sp³-hybridized carbons (Fsp3) is 0.750. The summed E-state index contributed by atoms with van der Waals surface area (Å²) in [7, 11) is 0. The predicted molar refractivity (Wildman–Crippen MR) is 54.9 cm³/mol. The van der Waals surface area contributed by atoms with E-state index >= 15 is 0 Å². The van der Waals surface area contributed by atoms with Crippen LogP contribution in [0.2, 0.25) is 0 Å². The van der Waals surface area contributed by atoms with Gasteiger partial charge in [0.2, 0.25) is 0 Å². The summed E-state index contributed by atoms with van der Waals surface area (Å²) in [6, 6.07) is 0. The maximum atomic E-state index is 10.7. The zero-order valence-electron chi connectivity index (χ0n) is 8.92.